The molecule has 1 aliphatic heterocycles. The van der Waals surface area contributed by atoms with Gasteiger partial charge in [0.15, 0.2) is 6.10 Å². The van der Waals surface area contributed by atoms with Gasteiger partial charge in [-0.3, -0.25) is 9.97 Å². The fraction of sp³-hybridized carbons (Fsp3) is 0.583. The first kappa shape index (κ1) is 12.9. The molecular formula is C12H17N3O3. The SMILES string of the molecule is Cc1cnc(CNCC2CCC(C(=O)O)O2)cn1. The van der Waals surface area contributed by atoms with Crippen LogP contribution < -0.4 is 5.32 Å². The van der Waals surface area contributed by atoms with Crippen molar-refractivity contribution in [2.45, 2.75) is 38.5 Å². The highest BCUT2D eigenvalue weighted by Crippen LogP contribution is 2.19. The molecule has 0 aliphatic carbocycles. The second-order valence-electron chi connectivity index (χ2n) is 4.44. The highest BCUT2D eigenvalue weighted by molar-refractivity contribution is 5.72. The van der Waals surface area contributed by atoms with Crippen molar-refractivity contribution < 1.29 is 14.6 Å². The molecule has 0 radical (unpaired) electrons. The Labute approximate surface area is 105 Å². The van der Waals surface area contributed by atoms with Crippen molar-refractivity contribution in [1.82, 2.24) is 15.3 Å². The van der Waals surface area contributed by atoms with Gasteiger partial charge in [0.25, 0.3) is 0 Å². The number of rotatable bonds is 5. The number of carbonyl (C=O) groups is 1. The molecule has 18 heavy (non-hydrogen) atoms. The number of nitrogens with one attached hydrogen (secondary N) is 1. The summed E-state index contributed by atoms with van der Waals surface area (Å²) in [6, 6.07) is 0. The number of carboxylic acids is 1. The number of nitrogens with zero attached hydrogens (tertiary/aromatic N) is 2. The van der Waals surface area contributed by atoms with E-state index < -0.39 is 12.1 Å². The van der Waals surface area contributed by atoms with Gasteiger partial charge in [0.1, 0.15) is 0 Å². The molecule has 2 heterocycles. The fourth-order valence-corrected chi connectivity index (χ4v) is 1.91. The third-order valence-corrected chi connectivity index (χ3v) is 2.90. The Kier molecular flexibility index (Phi) is 4.22. The zero-order valence-corrected chi connectivity index (χ0v) is 10.3. The summed E-state index contributed by atoms with van der Waals surface area (Å²) in [5.74, 6) is -0.873. The van der Waals surface area contributed by atoms with Crippen LogP contribution in [0.3, 0.4) is 0 Å². The van der Waals surface area contributed by atoms with Gasteiger partial charge < -0.3 is 15.2 Å². The highest BCUT2D eigenvalue weighted by atomic mass is 16.5. The number of hydrogen-bond acceptors (Lipinski definition) is 5. The lowest BCUT2D eigenvalue weighted by Crippen LogP contribution is -2.28. The number of aryl methyl sites for hydroxylation is 1. The second kappa shape index (κ2) is 5.88. The predicted molar refractivity (Wildman–Crippen MR) is 64.0 cm³/mol. The molecule has 6 nitrogen and oxygen atoms in total. The third kappa shape index (κ3) is 3.48. The average molecular weight is 251 g/mol. The number of hydrogen-bond donors (Lipinski definition) is 2. The van der Waals surface area contributed by atoms with E-state index in [0.717, 1.165) is 17.8 Å². The minimum atomic E-state index is -0.873. The van der Waals surface area contributed by atoms with Gasteiger partial charge in [0, 0.05) is 25.5 Å². The molecule has 2 unspecified atom stereocenters. The summed E-state index contributed by atoms with van der Waals surface area (Å²) in [7, 11) is 0. The van der Waals surface area contributed by atoms with Gasteiger partial charge in [-0.05, 0) is 19.8 Å². The summed E-state index contributed by atoms with van der Waals surface area (Å²) >= 11 is 0. The van der Waals surface area contributed by atoms with E-state index in [0.29, 0.717) is 19.5 Å². The zero-order chi connectivity index (χ0) is 13.0. The Balaban J connectivity index is 1.70. The van der Waals surface area contributed by atoms with Gasteiger partial charge in [0.2, 0.25) is 0 Å². The van der Waals surface area contributed by atoms with Crippen LogP contribution in [0.1, 0.15) is 24.2 Å². The maximum absolute atomic E-state index is 10.7. The molecule has 98 valence electrons. The first-order chi connectivity index (χ1) is 8.65. The standard InChI is InChI=1S/C12H17N3O3/c1-8-4-15-9(6-14-8)5-13-7-10-2-3-11(18-10)12(16)17/h4,6,10-11,13H,2-3,5,7H2,1H3,(H,16,17). The zero-order valence-electron chi connectivity index (χ0n) is 10.3. The summed E-state index contributed by atoms with van der Waals surface area (Å²) in [5, 5.41) is 12.0. The lowest BCUT2D eigenvalue weighted by Gasteiger charge is -2.11. The number of ether oxygens (including phenoxy) is 1. The molecule has 1 saturated heterocycles. The Morgan fingerprint density at radius 2 is 2.33 bits per heavy atom. The second-order valence-corrected chi connectivity index (χ2v) is 4.44. The van der Waals surface area contributed by atoms with Crippen LogP contribution in [0, 0.1) is 6.92 Å². The Morgan fingerprint density at radius 1 is 1.50 bits per heavy atom. The molecule has 2 rings (SSSR count). The van der Waals surface area contributed by atoms with Crippen LogP contribution in [-0.2, 0) is 16.1 Å². The summed E-state index contributed by atoms with van der Waals surface area (Å²) in [5.41, 5.74) is 1.76. The molecule has 0 aromatic carbocycles. The Hall–Kier alpha value is -1.53. The maximum atomic E-state index is 10.7. The molecule has 1 aliphatic rings. The first-order valence-corrected chi connectivity index (χ1v) is 6.01. The van der Waals surface area contributed by atoms with Crippen molar-refractivity contribution in [3.63, 3.8) is 0 Å². The summed E-state index contributed by atoms with van der Waals surface area (Å²) in [6.07, 6.45) is 4.16. The van der Waals surface area contributed by atoms with E-state index in [2.05, 4.69) is 15.3 Å². The van der Waals surface area contributed by atoms with Crippen molar-refractivity contribution in [2.24, 2.45) is 0 Å². The summed E-state index contributed by atoms with van der Waals surface area (Å²) in [6.45, 7) is 3.15. The van der Waals surface area contributed by atoms with E-state index in [1.165, 1.54) is 0 Å². The smallest absolute Gasteiger partial charge is 0.332 e. The fourth-order valence-electron chi connectivity index (χ4n) is 1.91. The lowest BCUT2D eigenvalue weighted by atomic mass is 10.2. The molecule has 0 saturated carbocycles. The summed E-state index contributed by atoms with van der Waals surface area (Å²) in [4.78, 5) is 19.1. The van der Waals surface area contributed by atoms with Crippen LogP contribution in [0.15, 0.2) is 12.4 Å². The molecular weight excluding hydrogens is 234 g/mol. The molecule has 0 spiro atoms. The largest absolute Gasteiger partial charge is 0.479 e. The van der Waals surface area contributed by atoms with Crippen LogP contribution >= 0.6 is 0 Å². The van der Waals surface area contributed by atoms with Crippen molar-refractivity contribution in [3.05, 3.63) is 23.8 Å². The average Bonchev–Trinajstić information content (AvgIpc) is 2.81. The van der Waals surface area contributed by atoms with Gasteiger partial charge in [-0.15, -0.1) is 0 Å². The Bertz CT molecular complexity index is 408. The molecule has 6 heteroatoms. The molecule has 1 fully saturated rings. The number of aromatic nitrogens is 2. The van der Waals surface area contributed by atoms with Crippen LogP contribution in [0.25, 0.3) is 0 Å². The monoisotopic (exact) mass is 251 g/mol. The molecule has 1 aromatic heterocycles. The summed E-state index contributed by atoms with van der Waals surface area (Å²) < 4.78 is 5.38. The highest BCUT2D eigenvalue weighted by Gasteiger charge is 2.29. The van der Waals surface area contributed by atoms with Gasteiger partial charge >= 0.3 is 5.97 Å². The minimum absolute atomic E-state index is 0.0236. The maximum Gasteiger partial charge on any atom is 0.332 e. The van der Waals surface area contributed by atoms with E-state index in [9.17, 15) is 4.79 Å². The van der Waals surface area contributed by atoms with Gasteiger partial charge in [-0.1, -0.05) is 0 Å². The third-order valence-electron chi connectivity index (χ3n) is 2.90. The number of carboxylic acid groups (broad SMARTS) is 1. The van der Waals surface area contributed by atoms with E-state index in [1.54, 1.807) is 12.4 Å². The molecule has 1 aromatic rings. The van der Waals surface area contributed by atoms with Crippen LogP contribution in [0.4, 0.5) is 0 Å². The van der Waals surface area contributed by atoms with Crippen LogP contribution in [0.5, 0.6) is 0 Å². The normalized spacial score (nSPS) is 23.2. The number of aliphatic carboxylic acids is 1. The topological polar surface area (TPSA) is 84.3 Å². The van der Waals surface area contributed by atoms with Gasteiger partial charge in [-0.2, -0.15) is 0 Å². The van der Waals surface area contributed by atoms with Crippen molar-refractivity contribution in [1.29, 1.82) is 0 Å². The quantitative estimate of drug-likeness (QED) is 0.793. The van der Waals surface area contributed by atoms with Crippen molar-refractivity contribution in [3.8, 4) is 0 Å². The van der Waals surface area contributed by atoms with Gasteiger partial charge in [0.05, 0.1) is 17.5 Å². The predicted octanol–water partition coefficient (Wildman–Crippen LogP) is 0.507. The minimum Gasteiger partial charge on any atom is -0.479 e. The Morgan fingerprint density at radius 3 is 2.94 bits per heavy atom. The van der Waals surface area contributed by atoms with Crippen molar-refractivity contribution >= 4 is 5.97 Å². The van der Waals surface area contributed by atoms with E-state index in [4.69, 9.17) is 9.84 Å². The molecule has 0 amide bonds. The van der Waals surface area contributed by atoms with E-state index >= 15 is 0 Å². The van der Waals surface area contributed by atoms with E-state index in [1.807, 2.05) is 6.92 Å². The van der Waals surface area contributed by atoms with Crippen LogP contribution in [0.2, 0.25) is 0 Å². The lowest BCUT2D eigenvalue weighted by molar-refractivity contribution is -0.149. The van der Waals surface area contributed by atoms with Crippen molar-refractivity contribution in [2.75, 3.05) is 6.54 Å². The molecule has 2 atom stereocenters. The van der Waals surface area contributed by atoms with Crippen LogP contribution in [-0.4, -0.2) is 39.8 Å². The first-order valence-electron chi connectivity index (χ1n) is 6.01. The molecule has 2 N–H and O–H groups in total. The van der Waals surface area contributed by atoms with Gasteiger partial charge in [-0.25, -0.2) is 4.79 Å². The van der Waals surface area contributed by atoms with E-state index in [-0.39, 0.29) is 6.10 Å². The molecule has 0 bridgehead atoms.